The molecule has 3 N–H and O–H groups in total. The Morgan fingerprint density at radius 1 is 1.26 bits per heavy atom. The van der Waals surface area contributed by atoms with Crippen molar-refractivity contribution in [2.24, 2.45) is 5.73 Å². The predicted octanol–water partition coefficient (Wildman–Crippen LogP) is 3.04. The minimum atomic E-state index is 0.301. The molecule has 0 fully saturated rings. The lowest BCUT2D eigenvalue weighted by atomic mass is 9.99. The zero-order valence-corrected chi connectivity index (χ0v) is 12.7. The third-order valence-electron chi connectivity index (χ3n) is 3.26. The summed E-state index contributed by atoms with van der Waals surface area (Å²) in [4.78, 5) is 0. The van der Waals surface area contributed by atoms with E-state index in [1.807, 2.05) is 0 Å². The molecule has 19 heavy (non-hydrogen) atoms. The second-order valence-corrected chi connectivity index (χ2v) is 5.53. The van der Waals surface area contributed by atoms with E-state index in [2.05, 4.69) is 44.3 Å². The topological polar surface area (TPSA) is 47.3 Å². The quantitative estimate of drug-likeness (QED) is 0.709. The maximum absolute atomic E-state index is 5.73. The van der Waals surface area contributed by atoms with Gasteiger partial charge in [-0.2, -0.15) is 0 Å². The predicted molar refractivity (Wildman–Crippen MR) is 81.7 cm³/mol. The standard InChI is InChI=1S/C16H28N2O/c1-12(2)15-10-14(7-8-16(15)19-4)11-18-9-5-6-13(3)17/h7-8,10,12-13,18H,5-6,9,11,17H2,1-4H3. The van der Waals surface area contributed by atoms with E-state index in [0.29, 0.717) is 12.0 Å². The smallest absolute Gasteiger partial charge is 0.122 e. The van der Waals surface area contributed by atoms with Crippen LogP contribution < -0.4 is 15.8 Å². The second kappa shape index (κ2) is 8.18. The highest BCUT2D eigenvalue weighted by atomic mass is 16.5. The minimum absolute atomic E-state index is 0.301. The summed E-state index contributed by atoms with van der Waals surface area (Å²) < 4.78 is 5.40. The second-order valence-electron chi connectivity index (χ2n) is 5.53. The maximum Gasteiger partial charge on any atom is 0.122 e. The zero-order chi connectivity index (χ0) is 14.3. The lowest BCUT2D eigenvalue weighted by Gasteiger charge is -2.14. The summed E-state index contributed by atoms with van der Waals surface area (Å²) in [6.45, 7) is 8.36. The Bertz CT molecular complexity index is 375. The molecular formula is C16H28N2O. The number of hydrogen-bond acceptors (Lipinski definition) is 3. The van der Waals surface area contributed by atoms with Crippen LogP contribution in [0.3, 0.4) is 0 Å². The van der Waals surface area contributed by atoms with Crippen LogP contribution in [0.5, 0.6) is 5.75 Å². The van der Waals surface area contributed by atoms with Gasteiger partial charge in [-0.15, -0.1) is 0 Å². The number of methoxy groups -OCH3 is 1. The number of rotatable bonds is 8. The van der Waals surface area contributed by atoms with Gasteiger partial charge >= 0.3 is 0 Å². The van der Waals surface area contributed by atoms with Gasteiger partial charge in [-0.25, -0.2) is 0 Å². The van der Waals surface area contributed by atoms with Crippen molar-refractivity contribution in [1.82, 2.24) is 5.32 Å². The van der Waals surface area contributed by atoms with Gasteiger partial charge < -0.3 is 15.8 Å². The van der Waals surface area contributed by atoms with Crippen LogP contribution in [0.15, 0.2) is 18.2 Å². The van der Waals surface area contributed by atoms with E-state index in [-0.39, 0.29) is 0 Å². The molecule has 0 radical (unpaired) electrons. The van der Waals surface area contributed by atoms with Gasteiger partial charge in [0.2, 0.25) is 0 Å². The lowest BCUT2D eigenvalue weighted by Crippen LogP contribution is -2.19. The third kappa shape index (κ3) is 5.62. The molecule has 0 spiro atoms. The number of ether oxygens (including phenoxy) is 1. The average Bonchev–Trinajstić information content (AvgIpc) is 2.37. The third-order valence-corrected chi connectivity index (χ3v) is 3.26. The first-order valence-corrected chi connectivity index (χ1v) is 7.17. The van der Waals surface area contributed by atoms with Gasteiger partial charge in [-0.3, -0.25) is 0 Å². The van der Waals surface area contributed by atoms with Gasteiger partial charge in [0, 0.05) is 12.6 Å². The van der Waals surface area contributed by atoms with E-state index in [1.165, 1.54) is 11.1 Å². The van der Waals surface area contributed by atoms with Crippen LogP contribution >= 0.6 is 0 Å². The van der Waals surface area contributed by atoms with Crippen LogP contribution in [0.1, 0.15) is 50.7 Å². The Balaban J connectivity index is 2.48. The Labute approximate surface area is 117 Å². The van der Waals surface area contributed by atoms with Crippen LogP contribution in [-0.2, 0) is 6.54 Å². The summed E-state index contributed by atoms with van der Waals surface area (Å²) in [7, 11) is 1.73. The highest BCUT2D eigenvalue weighted by Gasteiger charge is 2.08. The first kappa shape index (κ1) is 16.0. The van der Waals surface area contributed by atoms with Gasteiger partial charge in [-0.05, 0) is 49.4 Å². The first-order chi connectivity index (χ1) is 9.04. The minimum Gasteiger partial charge on any atom is -0.496 e. The van der Waals surface area contributed by atoms with Gasteiger partial charge in [0.1, 0.15) is 5.75 Å². The fourth-order valence-electron chi connectivity index (χ4n) is 2.13. The summed E-state index contributed by atoms with van der Waals surface area (Å²) >= 11 is 0. The van der Waals surface area contributed by atoms with Crippen molar-refractivity contribution >= 4 is 0 Å². The van der Waals surface area contributed by atoms with Crippen LogP contribution in [0.4, 0.5) is 0 Å². The van der Waals surface area contributed by atoms with Crippen LogP contribution in [-0.4, -0.2) is 19.7 Å². The summed E-state index contributed by atoms with van der Waals surface area (Å²) in [5.74, 6) is 1.46. The largest absolute Gasteiger partial charge is 0.496 e. The zero-order valence-electron chi connectivity index (χ0n) is 12.7. The van der Waals surface area contributed by atoms with Crippen molar-refractivity contribution in [1.29, 1.82) is 0 Å². The summed E-state index contributed by atoms with van der Waals surface area (Å²) in [5, 5.41) is 3.46. The normalized spacial score (nSPS) is 12.7. The van der Waals surface area contributed by atoms with Gasteiger partial charge in [0.25, 0.3) is 0 Å². The van der Waals surface area contributed by atoms with Crippen molar-refractivity contribution in [3.8, 4) is 5.75 Å². The van der Waals surface area contributed by atoms with Crippen LogP contribution in [0, 0.1) is 0 Å². The molecule has 0 aliphatic carbocycles. The molecule has 3 nitrogen and oxygen atoms in total. The number of hydrogen-bond donors (Lipinski definition) is 2. The number of benzene rings is 1. The molecule has 0 aliphatic rings. The molecule has 0 bridgehead atoms. The fraction of sp³-hybridized carbons (Fsp3) is 0.625. The molecule has 0 amide bonds. The Hall–Kier alpha value is -1.06. The highest BCUT2D eigenvalue weighted by molar-refractivity contribution is 5.39. The van der Waals surface area contributed by atoms with E-state index in [9.17, 15) is 0 Å². The maximum atomic E-state index is 5.73. The van der Waals surface area contributed by atoms with E-state index in [4.69, 9.17) is 10.5 Å². The highest BCUT2D eigenvalue weighted by Crippen LogP contribution is 2.27. The lowest BCUT2D eigenvalue weighted by molar-refractivity contribution is 0.407. The number of nitrogens with two attached hydrogens (primary N) is 1. The van der Waals surface area contributed by atoms with Crippen molar-refractivity contribution in [2.45, 2.75) is 52.1 Å². The monoisotopic (exact) mass is 264 g/mol. The Morgan fingerprint density at radius 3 is 2.58 bits per heavy atom. The molecule has 1 aromatic carbocycles. The fourth-order valence-corrected chi connectivity index (χ4v) is 2.13. The molecule has 0 saturated heterocycles. The first-order valence-electron chi connectivity index (χ1n) is 7.17. The molecule has 1 unspecified atom stereocenters. The molecule has 0 saturated carbocycles. The van der Waals surface area contributed by atoms with Crippen molar-refractivity contribution < 1.29 is 4.74 Å². The molecule has 0 aliphatic heterocycles. The van der Waals surface area contributed by atoms with E-state index in [0.717, 1.165) is 31.7 Å². The van der Waals surface area contributed by atoms with Crippen molar-refractivity contribution in [3.05, 3.63) is 29.3 Å². The van der Waals surface area contributed by atoms with E-state index in [1.54, 1.807) is 7.11 Å². The van der Waals surface area contributed by atoms with Crippen molar-refractivity contribution in [3.63, 3.8) is 0 Å². The molecule has 3 heteroatoms. The Kier molecular flexibility index (Phi) is 6.89. The summed E-state index contributed by atoms with van der Waals surface area (Å²) in [5.41, 5.74) is 8.31. The van der Waals surface area contributed by atoms with Crippen LogP contribution in [0.2, 0.25) is 0 Å². The van der Waals surface area contributed by atoms with E-state index >= 15 is 0 Å². The molecule has 1 atom stereocenters. The molecule has 1 rings (SSSR count). The number of nitrogens with one attached hydrogen (secondary N) is 1. The Morgan fingerprint density at radius 2 is 2.00 bits per heavy atom. The van der Waals surface area contributed by atoms with Crippen LogP contribution in [0.25, 0.3) is 0 Å². The SMILES string of the molecule is COc1ccc(CNCCCC(C)N)cc1C(C)C. The molecule has 0 heterocycles. The average molecular weight is 264 g/mol. The molecule has 0 aromatic heterocycles. The van der Waals surface area contributed by atoms with Crippen molar-refractivity contribution in [2.75, 3.05) is 13.7 Å². The van der Waals surface area contributed by atoms with Gasteiger partial charge in [-0.1, -0.05) is 26.0 Å². The van der Waals surface area contributed by atoms with Gasteiger partial charge in [0.05, 0.1) is 7.11 Å². The summed E-state index contributed by atoms with van der Waals surface area (Å²) in [6.07, 6.45) is 2.21. The van der Waals surface area contributed by atoms with Gasteiger partial charge in [0.15, 0.2) is 0 Å². The molecule has 108 valence electrons. The summed E-state index contributed by atoms with van der Waals surface area (Å²) in [6, 6.07) is 6.73. The molecular weight excluding hydrogens is 236 g/mol. The molecule has 1 aromatic rings. The van der Waals surface area contributed by atoms with E-state index < -0.39 is 0 Å².